The summed E-state index contributed by atoms with van der Waals surface area (Å²) in [6, 6.07) is 1.95. The van der Waals surface area contributed by atoms with Gasteiger partial charge in [-0.15, -0.1) is 0 Å². The van der Waals surface area contributed by atoms with Crippen LogP contribution in [0.3, 0.4) is 0 Å². The van der Waals surface area contributed by atoms with E-state index in [1.54, 1.807) is 0 Å². The molecule has 4 fully saturated rings. The van der Waals surface area contributed by atoms with Gasteiger partial charge in [0, 0.05) is 38.3 Å². The van der Waals surface area contributed by atoms with Crippen molar-refractivity contribution < 1.29 is 0 Å². The van der Waals surface area contributed by atoms with Crippen LogP contribution in [0.5, 0.6) is 0 Å². The third-order valence-electron chi connectivity index (χ3n) is 6.11. The molecule has 4 rings (SSSR count). The van der Waals surface area contributed by atoms with Crippen LogP contribution in [0.15, 0.2) is 0 Å². The van der Waals surface area contributed by atoms with E-state index in [-0.39, 0.29) is 0 Å². The van der Waals surface area contributed by atoms with Crippen LogP contribution in [-0.2, 0) is 0 Å². The summed E-state index contributed by atoms with van der Waals surface area (Å²) in [6.07, 6.45) is 8.89. The van der Waals surface area contributed by atoms with Crippen molar-refractivity contribution in [1.82, 2.24) is 9.80 Å². The van der Waals surface area contributed by atoms with Crippen molar-refractivity contribution in [3.8, 4) is 0 Å². The maximum atomic E-state index is 2.87. The van der Waals surface area contributed by atoms with E-state index in [0.29, 0.717) is 0 Å². The fourth-order valence-corrected chi connectivity index (χ4v) is 4.71. The Labute approximate surface area is 112 Å². The van der Waals surface area contributed by atoms with Crippen LogP contribution in [-0.4, -0.2) is 48.1 Å². The van der Waals surface area contributed by atoms with E-state index in [4.69, 9.17) is 0 Å². The Kier molecular flexibility index (Phi) is 2.92. The van der Waals surface area contributed by atoms with Crippen molar-refractivity contribution in [3.63, 3.8) is 0 Å². The molecule has 0 aromatic heterocycles. The minimum Gasteiger partial charge on any atom is -0.300 e. The molecule has 0 radical (unpaired) electrons. The molecule has 2 saturated heterocycles. The maximum absolute atomic E-state index is 2.87. The van der Waals surface area contributed by atoms with E-state index < -0.39 is 0 Å². The Morgan fingerprint density at radius 3 is 1.39 bits per heavy atom. The third kappa shape index (κ3) is 2.12. The van der Waals surface area contributed by atoms with Crippen molar-refractivity contribution in [3.05, 3.63) is 0 Å². The maximum Gasteiger partial charge on any atom is 0.00966 e. The largest absolute Gasteiger partial charge is 0.300 e. The number of hydrogen-bond donors (Lipinski definition) is 0. The van der Waals surface area contributed by atoms with Gasteiger partial charge in [0.25, 0.3) is 0 Å². The molecular weight excluding hydrogens is 220 g/mol. The number of rotatable bonds is 2. The number of likely N-dealkylation sites (tertiary alicyclic amines) is 2. The van der Waals surface area contributed by atoms with Gasteiger partial charge in [0.2, 0.25) is 0 Å². The van der Waals surface area contributed by atoms with E-state index in [0.717, 1.165) is 29.8 Å². The summed E-state index contributed by atoms with van der Waals surface area (Å²) in [6.45, 7) is 8.13. The summed E-state index contributed by atoms with van der Waals surface area (Å²) >= 11 is 0. The highest BCUT2D eigenvalue weighted by Gasteiger charge is 2.45. The highest BCUT2D eigenvalue weighted by molar-refractivity contribution is 4.99. The fraction of sp³-hybridized carbons (Fsp3) is 1.00. The molecule has 0 aromatic rings. The fourth-order valence-electron chi connectivity index (χ4n) is 4.71. The Balaban J connectivity index is 1.32. The van der Waals surface area contributed by atoms with Gasteiger partial charge in [-0.1, -0.05) is 6.92 Å². The second kappa shape index (κ2) is 4.49. The van der Waals surface area contributed by atoms with Crippen LogP contribution >= 0.6 is 0 Å². The summed E-state index contributed by atoms with van der Waals surface area (Å²) in [4.78, 5) is 5.67. The molecule has 2 heteroatoms. The van der Waals surface area contributed by atoms with Crippen LogP contribution < -0.4 is 0 Å². The first-order chi connectivity index (χ1) is 8.79. The van der Waals surface area contributed by atoms with Gasteiger partial charge in [0.05, 0.1) is 0 Å². The first-order valence-electron chi connectivity index (χ1n) is 8.27. The zero-order valence-electron chi connectivity index (χ0n) is 11.9. The first kappa shape index (κ1) is 11.7. The number of fused-ring (bicyclic) bond motifs is 1. The topological polar surface area (TPSA) is 6.48 Å². The molecule has 2 saturated carbocycles. The monoisotopic (exact) mass is 248 g/mol. The van der Waals surface area contributed by atoms with E-state index in [9.17, 15) is 0 Å². The van der Waals surface area contributed by atoms with E-state index in [1.807, 2.05) is 0 Å². The van der Waals surface area contributed by atoms with Gasteiger partial charge >= 0.3 is 0 Å². The highest BCUT2D eigenvalue weighted by Crippen LogP contribution is 2.40. The second-order valence-electron chi connectivity index (χ2n) is 7.57. The minimum absolute atomic E-state index is 0.946. The SMILES string of the molecule is CC1CCC(N2CC3CN(C4CC4)CC3C2)CC1. The van der Waals surface area contributed by atoms with Gasteiger partial charge in [-0.05, 0) is 56.3 Å². The van der Waals surface area contributed by atoms with Crippen LogP contribution in [0.1, 0.15) is 45.4 Å². The van der Waals surface area contributed by atoms with Crippen molar-refractivity contribution in [2.24, 2.45) is 17.8 Å². The molecule has 0 aromatic carbocycles. The Morgan fingerprint density at radius 1 is 0.611 bits per heavy atom. The smallest absolute Gasteiger partial charge is 0.00966 e. The lowest BCUT2D eigenvalue weighted by molar-refractivity contribution is 0.149. The second-order valence-corrected chi connectivity index (χ2v) is 7.57. The van der Waals surface area contributed by atoms with E-state index in [2.05, 4.69) is 16.7 Å². The van der Waals surface area contributed by atoms with Crippen molar-refractivity contribution in [2.45, 2.75) is 57.5 Å². The van der Waals surface area contributed by atoms with Gasteiger partial charge in [0.15, 0.2) is 0 Å². The Morgan fingerprint density at radius 2 is 1.00 bits per heavy atom. The molecule has 102 valence electrons. The van der Waals surface area contributed by atoms with Gasteiger partial charge in [0.1, 0.15) is 0 Å². The Hall–Kier alpha value is -0.0800. The van der Waals surface area contributed by atoms with Gasteiger partial charge in [-0.25, -0.2) is 0 Å². The van der Waals surface area contributed by atoms with Crippen molar-refractivity contribution >= 4 is 0 Å². The van der Waals surface area contributed by atoms with Gasteiger partial charge < -0.3 is 0 Å². The summed E-state index contributed by atoms with van der Waals surface area (Å²) < 4.78 is 0. The Bertz CT molecular complexity index is 290. The molecule has 18 heavy (non-hydrogen) atoms. The standard InChI is InChI=1S/C16H28N2/c1-12-2-4-15(5-3-12)17-8-13-10-18(16-6-7-16)11-14(13)9-17/h12-16H,2-11H2,1H3. The lowest BCUT2D eigenvalue weighted by Gasteiger charge is -2.34. The van der Waals surface area contributed by atoms with E-state index in [1.165, 1.54) is 64.7 Å². The van der Waals surface area contributed by atoms with Crippen LogP contribution in [0.25, 0.3) is 0 Å². The summed E-state index contributed by atoms with van der Waals surface area (Å²) in [5.41, 5.74) is 0. The average molecular weight is 248 g/mol. The first-order valence-corrected chi connectivity index (χ1v) is 8.27. The molecule has 0 amide bonds. The molecular formula is C16H28N2. The predicted octanol–water partition coefficient (Wildman–Crippen LogP) is 2.59. The normalized spacial score (nSPS) is 46.5. The molecule has 0 bridgehead atoms. The van der Waals surface area contributed by atoms with Crippen LogP contribution in [0, 0.1) is 17.8 Å². The third-order valence-corrected chi connectivity index (χ3v) is 6.11. The van der Waals surface area contributed by atoms with Gasteiger partial charge in [-0.2, -0.15) is 0 Å². The summed E-state index contributed by atoms with van der Waals surface area (Å²) in [7, 11) is 0. The quantitative estimate of drug-likeness (QED) is 0.741. The molecule has 0 spiro atoms. The zero-order chi connectivity index (χ0) is 12.1. The zero-order valence-corrected chi connectivity index (χ0v) is 11.9. The predicted molar refractivity (Wildman–Crippen MR) is 74.6 cm³/mol. The summed E-state index contributed by atoms with van der Waals surface area (Å²) in [5, 5.41) is 0. The molecule has 0 N–H and O–H groups in total. The minimum atomic E-state index is 0.946. The number of nitrogens with zero attached hydrogens (tertiary/aromatic N) is 2. The van der Waals surface area contributed by atoms with Gasteiger partial charge in [-0.3, -0.25) is 9.80 Å². The van der Waals surface area contributed by atoms with E-state index >= 15 is 0 Å². The highest BCUT2D eigenvalue weighted by atomic mass is 15.3. The molecule has 2 atom stereocenters. The van der Waals surface area contributed by atoms with Crippen molar-refractivity contribution in [1.29, 1.82) is 0 Å². The van der Waals surface area contributed by atoms with Crippen LogP contribution in [0.2, 0.25) is 0 Å². The number of hydrogen-bond acceptors (Lipinski definition) is 2. The lowest BCUT2D eigenvalue weighted by atomic mass is 9.87. The molecule has 2 unspecified atom stereocenters. The average Bonchev–Trinajstić information content (AvgIpc) is 3.02. The molecule has 2 heterocycles. The molecule has 4 aliphatic rings. The summed E-state index contributed by atoms with van der Waals surface area (Å²) in [5.74, 6) is 3.03. The molecule has 2 nitrogen and oxygen atoms in total. The molecule has 2 aliphatic heterocycles. The lowest BCUT2D eigenvalue weighted by Crippen LogP contribution is -2.38. The van der Waals surface area contributed by atoms with Crippen molar-refractivity contribution in [2.75, 3.05) is 26.2 Å². The van der Waals surface area contributed by atoms with Crippen LogP contribution in [0.4, 0.5) is 0 Å². The molecule has 2 aliphatic carbocycles.